The number of hydrogen-bond donors (Lipinski definition) is 1. The summed E-state index contributed by atoms with van der Waals surface area (Å²) in [5.74, 6) is -0.643. The summed E-state index contributed by atoms with van der Waals surface area (Å²) in [4.78, 5) is 0. The van der Waals surface area contributed by atoms with E-state index in [4.69, 9.17) is 23.2 Å². The lowest BCUT2D eigenvalue weighted by atomic mass is 10.0. The highest BCUT2D eigenvalue weighted by atomic mass is 35.5. The molecule has 4 heteroatoms. The molecule has 0 heterocycles. The normalized spacial score (nSPS) is 10.4. The summed E-state index contributed by atoms with van der Waals surface area (Å²) < 4.78 is 12.8. The van der Waals surface area contributed by atoms with Crippen molar-refractivity contribution in [1.29, 1.82) is 0 Å². The number of phenolic OH excluding ortho intramolecular Hbond substituents is 1. The minimum Gasteiger partial charge on any atom is -0.507 e. The maximum Gasteiger partial charge on any atom is 0.126 e. The van der Waals surface area contributed by atoms with Gasteiger partial charge < -0.3 is 5.11 Å². The largest absolute Gasteiger partial charge is 0.507 e. The quantitative estimate of drug-likeness (QED) is 0.797. The van der Waals surface area contributed by atoms with Crippen LogP contribution in [0.5, 0.6) is 5.75 Å². The summed E-state index contributed by atoms with van der Waals surface area (Å²) >= 11 is 11.7. The fraction of sp³-hybridized carbons (Fsp3) is 0. The molecule has 0 radical (unpaired) electrons. The molecule has 0 unspecified atom stereocenters. The van der Waals surface area contributed by atoms with Crippen molar-refractivity contribution in [2.75, 3.05) is 0 Å². The van der Waals surface area contributed by atoms with Gasteiger partial charge in [-0.25, -0.2) is 4.39 Å². The predicted octanol–water partition coefficient (Wildman–Crippen LogP) is 4.51. The van der Waals surface area contributed by atoms with Crippen LogP contribution in [0, 0.1) is 5.82 Å². The third-order valence-electron chi connectivity index (χ3n) is 2.18. The Labute approximate surface area is 102 Å². The maximum absolute atomic E-state index is 12.8. The number of hydrogen-bond acceptors (Lipinski definition) is 1. The Hall–Kier alpha value is -1.25. The Balaban J connectivity index is 2.59. The van der Waals surface area contributed by atoms with Crippen LogP contribution in [0.3, 0.4) is 0 Å². The molecule has 1 nitrogen and oxygen atoms in total. The second-order valence-electron chi connectivity index (χ2n) is 3.29. The van der Waals surface area contributed by atoms with Gasteiger partial charge in [-0.15, -0.1) is 0 Å². The van der Waals surface area contributed by atoms with E-state index in [1.165, 1.54) is 12.1 Å². The van der Waals surface area contributed by atoms with Crippen LogP contribution in [0.15, 0.2) is 36.4 Å². The van der Waals surface area contributed by atoms with Crippen LogP contribution in [0.1, 0.15) is 0 Å². The first-order chi connectivity index (χ1) is 7.58. The molecule has 0 amide bonds. The molecule has 0 aliphatic heterocycles. The summed E-state index contributed by atoms with van der Waals surface area (Å²) in [5.41, 5.74) is 1.09. The molecule has 0 spiro atoms. The van der Waals surface area contributed by atoms with Crippen molar-refractivity contribution in [1.82, 2.24) is 0 Å². The molecule has 2 rings (SSSR count). The van der Waals surface area contributed by atoms with Gasteiger partial charge in [-0.1, -0.05) is 29.3 Å². The van der Waals surface area contributed by atoms with Crippen molar-refractivity contribution in [3.63, 3.8) is 0 Å². The Morgan fingerprint density at radius 1 is 0.938 bits per heavy atom. The fourth-order valence-corrected chi connectivity index (χ4v) is 1.95. The van der Waals surface area contributed by atoms with Crippen LogP contribution in [-0.2, 0) is 0 Å². The van der Waals surface area contributed by atoms with E-state index in [2.05, 4.69) is 0 Å². The summed E-state index contributed by atoms with van der Waals surface area (Å²) in [6, 6.07) is 8.68. The molecule has 1 N–H and O–H groups in total. The second kappa shape index (κ2) is 4.32. The van der Waals surface area contributed by atoms with Gasteiger partial charge in [-0.2, -0.15) is 0 Å². The van der Waals surface area contributed by atoms with Gasteiger partial charge in [-0.05, 0) is 24.3 Å². The van der Waals surface area contributed by atoms with Crippen molar-refractivity contribution in [2.45, 2.75) is 0 Å². The van der Waals surface area contributed by atoms with Crippen LogP contribution < -0.4 is 0 Å². The molecule has 0 atom stereocenters. The van der Waals surface area contributed by atoms with E-state index in [1.54, 1.807) is 18.2 Å². The highest BCUT2D eigenvalue weighted by molar-refractivity contribution is 6.36. The van der Waals surface area contributed by atoms with Crippen LogP contribution in [0.4, 0.5) is 4.39 Å². The molecule has 0 fully saturated rings. The van der Waals surface area contributed by atoms with E-state index < -0.39 is 5.82 Å². The minimum atomic E-state index is -0.494. The predicted molar refractivity (Wildman–Crippen MR) is 63.5 cm³/mol. The zero-order chi connectivity index (χ0) is 11.7. The lowest BCUT2D eigenvalue weighted by Crippen LogP contribution is -1.82. The molecule has 0 saturated heterocycles. The number of benzene rings is 2. The van der Waals surface area contributed by atoms with Crippen molar-refractivity contribution in [2.24, 2.45) is 0 Å². The highest BCUT2D eigenvalue weighted by Crippen LogP contribution is 2.35. The van der Waals surface area contributed by atoms with Gasteiger partial charge in [0.2, 0.25) is 0 Å². The molecular formula is C12H7Cl2FO. The van der Waals surface area contributed by atoms with Gasteiger partial charge in [0, 0.05) is 22.2 Å². The molecule has 0 aliphatic rings. The zero-order valence-electron chi connectivity index (χ0n) is 8.05. The number of aromatic hydroxyl groups is 1. The number of phenols is 1. The smallest absolute Gasteiger partial charge is 0.126 e. The maximum atomic E-state index is 12.8. The molecule has 16 heavy (non-hydrogen) atoms. The van der Waals surface area contributed by atoms with Gasteiger partial charge in [0.05, 0.1) is 5.02 Å². The topological polar surface area (TPSA) is 20.2 Å². The Morgan fingerprint density at radius 3 is 2.25 bits per heavy atom. The first kappa shape index (κ1) is 11.2. The SMILES string of the molecule is Oc1cc(F)ccc1-c1ccc(Cl)cc1Cl. The highest BCUT2D eigenvalue weighted by Gasteiger charge is 2.09. The van der Waals surface area contributed by atoms with Crippen molar-refractivity contribution >= 4 is 23.2 Å². The summed E-state index contributed by atoms with van der Waals surface area (Å²) in [6.45, 7) is 0. The minimum absolute atomic E-state index is 0.149. The lowest BCUT2D eigenvalue weighted by Gasteiger charge is -2.07. The Bertz CT molecular complexity index is 491. The zero-order valence-corrected chi connectivity index (χ0v) is 9.56. The van der Waals surface area contributed by atoms with Crippen molar-refractivity contribution in [3.05, 3.63) is 52.3 Å². The average molecular weight is 257 g/mol. The van der Waals surface area contributed by atoms with Gasteiger partial charge in [0.1, 0.15) is 11.6 Å². The fourth-order valence-electron chi connectivity index (χ4n) is 1.44. The molecular weight excluding hydrogens is 250 g/mol. The molecule has 82 valence electrons. The van der Waals surface area contributed by atoms with Gasteiger partial charge >= 0.3 is 0 Å². The van der Waals surface area contributed by atoms with Crippen LogP contribution in [0.2, 0.25) is 10.0 Å². The molecule has 2 aromatic rings. The summed E-state index contributed by atoms with van der Waals surface area (Å²) in [6.07, 6.45) is 0. The lowest BCUT2D eigenvalue weighted by molar-refractivity contribution is 0.471. The molecule has 0 aromatic heterocycles. The number of rotatable bonds is 1. The van der Waals surface area contributed by atoms with E-state index in [1.807, 2.05) is 0 Å². The van der Waals surface area contributed by atoms with Gasteiger partial charge in [0.25, 0.3) is 0 Å². The van der Waals surface area contributed by atoms with Crippen molar-refractivity contribution < 1.29 is 9.50 Å². The average Bonchev–Trinajstić information content (AvgIpc) is 2.19. The molecule has 0 aliphatic carbocycles. The van der Waals surface area contributed by atoms with E-state index in [0.717, 1.165) is 6.07 Å². The van der Waals surface area contributed by atoms with E-state index in [0.29, 0.717) is 21.2 Å². The molecule has 0 saturated carbocycles. The first-order valence-electron chi connectivity index (χ1n) is 4.52. The number of halogens is 3. The van der Waals surface area contributed by atoms with E-state index in [-0.39, 0.29) is 5.75 Å². The third-order valence-corrected chi connectivity index (χ3v) is 2.73. The van der Waals surface area contributed by atoms with E-state index in [9.17, 15) is 9.50 Å². The van der Waals surface area contributed by atoms with Crippen molar-refractivity contribution in [3.8, 4) is 16.9 Å². The van der Waals surface area contributed by atoms with E-state index >= 15 is 0 Å². The second-order valence-corrected chi connectivity index (χ2v) is 4.13. The van der Waals surface area contributed by atoms with Gasteiger partial charge in [0.15, 0.2) is 0 Å². The monoisotopic (exact) mass is 256 g/mol. The van der Waals surface area contributed by atoms with Crippen LogP contribution in [0.25, 0.3) is 11.1 Å². The third kappa shape index (κ3) is 2.13. The Kier molecular flexibility index (Phi) is 3.03. The standard InChI is InChI=1S/C12H7Cl2FO/c13-7-1-3-9(11(14)5-7)10-4-2-8(15)6-12(10)16/h1-6,16H. The van der Waals surface area contributed by atoms with Crippen LogP contribution >= 0.6 is 23.2 Å². The first-order valence-corrected chi connectivity index (χ1v) is 5.27. The Morgan fingerprint density at radius 2 is 1.62 bits per heavy atom. The molecule has 2 aromatic carbocycles. The summed E-state index contributed by atoms with van der Waals surface area (Å²) in [5, 5.41) is 10.5. The molecule has 0 bridgehead atoms. The van der Waals surface area contributed by atoms with Crippen LogP contribution in [-0.4, -0.2) is 5.11 Å². The van der Waals surface area contributed by atoms with Gasteiger partial charge in [-0.3, -0.25) is 0 Å². The summed E-state index contributed by atoms with van der Waals surface area (Å²) in [7, 11) is 0.